The molecule has 0 radical (unpaired) electrons. The van der Waals surface area contributed by atoms with Crippen LogP contribution in [0.5, 0.6) is 0 Å². The van der Waals surface area contributed by atoms with E-state index in [1.165, 1.54) is 0 Å². The Balaban J connectivity index is 2.54. The maximum Gasteiger partial charge on any atom is 0.164 e. The van der Waals surface area contributed by atoms with E-state index in [9.17, 15) is 4.79 Å². The van der Waals surface area contributed by atoms with Crippen molar-refractivity contribution in [3.63, 3.8) is 0 Å². The van der Waals surface area contributed by atoms with Crippen LogP contribution < -0.4 is 5.32 Å². The fourth-order valence-corrected chi connectivity index (χ4v) is 1.96. The molecule has 2 aromatic rings. The molecule has 1 aromatic carbocycles. The van der Waals surface area contributed by atoms with Gasteiger partial charge >= 0.3 is 0 Å². The number of H-pyrrole nitrogens is 1. The van der Waals surface area contributed by atoms with Crippen molar-refractivity contribution >= 4 is 22.5 Å². The Hall–Kier alpha value is -1.77. The standard InChI is InChI=1S/C14H18N2O/c1-4-9(2)15-14-13(10(3)17)11-7-5-6-8-12(11)16-14/h5-9,15-16H,4H2,1-3H3. The van der Waals surface area contributed by atoms with E-state index in [-0.39, 0.29) is 5.78 Å². The number of hydrogen-bond acceptors (Lipinski definition) is 2. The van der Waals surface area contributed by atoms with Gasteiger partial charge in [0.05, 0.1) is 5.56 Å². The lowest BCUT2D eigenvalue weighted by atomic mass is 10.1. The molecule has 0 spiro atoms. The number of rotatable bonds is 4. The summed E-state index contributed by atoms with van der Waals surface area (Å²) < 4.78 is 0. The number of carbonyl (C=O) groups is 1. The Kier molecular flexibility index (Phi) is 3.18. The van der Waals surface area contributed by atoms with Gasteiger partial charge in [-0.1, -0.05) is 25.1 Å². The lowest BCUT2D eigenvalue weighted by Gasteiger charge is -2.12. The molecule has 0 aliphatic carbocycles. The first-order valence-electron chi connectivity index (χ1n) is 6.01. The first-order valence-corrected chi connectivity index (χ1v) is 6.01. The highest BCUT2D eigenvalue weighted by Gasteiger charge is 2.15. The van der Waals surface area contributed by atoms with Crippen LogP contribution in [0.15, 0.2) is 24.3 Å². The number of aromatic amines is 1. The molecule has 90 valence electrons. The molecule has 1 heterocycles. The third-order valence-electron chi connectivity index (χ3n) is 3.06. The summed E-state index contributed by atoms with van der Waals surface area (Å²) >= 11 is 0. The molecule has 3 heteroatoms. The summed E-state index contributed by atoms with van der Waals surface area (Å²) in [6.07, 6.45) is 1.02. The van der Waals surface area contributed by atoms with Crippen molar-refractivity contribution in [3.8, 4) is 0 Å². The van der Waals surface area contributed by atoms with E-state index in [1.54, 1.807) is 6.92 Å². The number of benzene rings is 1. The van der Waals surface area contributed by atoms with Crippen LogP contribution in [0.4, 0.5) is 5.82 Å². The van der Waals surface area contributed by atoms with Crippen molar-refractivity contribution in [2.75, 3.05) is 5.32 Å². The van der Waals surface area contributed by atoms with E-state index < -0.39 is 0 Å². The number of ketones is 1. The highest BCUT2D eigenvalue weighted by Crippen LogP contribution is 2.27. The Labute approximate surface area is 101 Å². The van der Waals surface area contributed by atoms with Crippen LogP contribution in [0, 0.1) is 0 Å². The number of aromatic nitrogens is 1. The molecule has 1 unspecified atom stereocenters. The molecule has 0 amide bonds. The van der Waals surface area contributed by atoms with E-state index in [2.05, 4.69) is 24.1 Å². The molecule has 0 saturated heterocycles. The van der Waals surface area contributed by atoms with Crippen molar-refractivity contribution in [3.05, 3.63) is 29.8 Å². The summed E-state index contributed by atoms with van der Waals surface area (Å²) in [5.74, 6) is 0.932. The van der Waals surface area contributed by atoms with Crippen LogP contribution in [0.3, 0.4) is 0 Å². The van der Waals surface area contributed by atoms with Crippen LogP contribution >= 0.6 is 0 Å². The number of carbonyl (C=O) groups excluding carboxylic acids is 1. The fourth-order valence-electron chi connectivity index (χ4n) is 1.96. The highest BCUT2D eigenvalue weighted by atomic mass is 16.1. The number of anilines is 1. The lowest BCUT2D eigenvalue weighted by Crippen LogP contribution is -2.15. The zero-order valence-corrected chi connectivity index (χ0v) is 10.5. The fraction of sp³-hybridized carbons (Fsp3) is 0.357. The summed E-state index contributed by atoms with van der Waals surface area (Å²) in [7, 11) is 0. The Morgan fingerprint density at radius 2 is 2.12 bits per heavy atom. The van der Waals surface area contributed by atoms with E-state index in [1.807, 2.05) is 24.3 Å². The third kappa shape index (κ3) is 2.18. The number of Topliss-reactive ketones (excluding diaryl/α,β-unsaturated/α-hetero) is 1. The number of hydrogen-bond donors (Lipinski definition) is 2. The second-order valence-electron chi connectivity index (χ2n) is 4.43. The van der Waals surface area contributed by atoms with Gasteiger partial charge in [-0.2, -0.15) is 0 Å². The molecular formula is C14H18N2O. The van der Waals surface area contributed by atoms with Crippen LogP contribution in [-0.2, 0) is 0 Å². The molecule has 3 nitrogen and oxygen atoms in total. The quantitative estimate of drug-likeness (QED) is 0.788. The predicted molar refractivity (Wildman–Crippen MR) is 71.7 cm³/mol. The van der Waals surface area contributed by atoms with Gasteiger partial charge < -0.3 is 10.3 Å². The van der Waals surface area contributed by atoms with Gasteiger partial charge in [0.25, 0.3) is 0 Å². The normalized spacial score (nSPS) is 12.6. The first kappa shape index (κ1) is 11.7. The minimum absolute atomic E-state index is 0.0910. The Morgan fingerprint density at radius 1 is 1.41 bits per heavy atom. The van der Waals surface area contributed by atoms with Crippen molar-refractivity contribution in [2.45, 2.75) is 33.2 Å². The average Bonchev–Trinajstić information content (AvgIpc) is 2.66. The van der Waals surface area contributed by atoms with E-state index in [4.69, 9.17) is 0 Å². The van der Waals surface area contributed by atoms with Gasteiger partial charge in [0.2, 0.25) is 0 Å². The highest BCUT2D eigenvalue weighted by molar-refractivity contribution is 6.11. The molecule has 2 rings (SSSR count). The largest absolute Gasteiger partial charge is 0.369 e. The summed E-state index contributed by atoms with van der Waals surface area (Å²) in [6, 6.07) is 8.24. The maximum absolute atomic E-state index is 11.8. The van der Waals surface area contributed by atoms with Gasteiger partial charge in [-0.3, -0.25) is 4.79 Å². The second kappa shape index (κ2) is 4.62. The summed E-state index contributed by atoms with van der Waals surface area (Å²) in [5.41, 5.74) is 1.77. The molecule has 1 aromatic heterocycles. The van der Waals surface area contributed by atoms with Gasteiger partial charge in [0.1, 0.15) is 5.82 Å². The van der Waals surface area contributed by atoms with E-state index in [0.717, 1.165) is 28.7 Å². The van der Waals surface area contributed by atoms with Crippen LogP contribution in [-0.4, -0.2) is 16.8 Å². The third-order valence-corrected chi connectivity index (χ3v) is 3.06. The Bertz CT molecular complexity index is 542. The van der Waals surface area contributed by atoms with Crippen molar-refractivity contribution in [1.82, 2.24) is 4.98 Å². The number of nitrogens with one attached hydrogen (secondary N) is 2. The summed E-state index contributed by atoms with van der Waals surface area (Å²) in [6.45, 7) is 5.83. The molecular weight excluding hydrogens is 212 g/mol. The first-order chi connectivity index (χ1) is 8.13. The zero-order valence-electron chi connectivity index (χ0n) is 10.5. The average molecular weight is 230 g/mol. The molecule has 0 aliphatic rings. The predicted octanol–water partition coefficient (Wildman–Crippen LogP) is 3.58. The molecule has 0 saturated carbocycles. The van der Waals surface area contributed by atoms with Gasteiger partial charge in [-0.05, 0) is 26.3 Å². The van der Waals surface area contributed by atoms with Crippen LogP contribution in [0.2, 0.25) is 0 Å². The monoisotopic (exact) mass is 230 g/mol. The van der Waals surface area contributed by atoms with Gasteiger partial charge in [0, 0.05) is 16.9 Å². The minimum Gasteiger partial charge on any atom is -0.369 e. The smallest absolute Gasteiger partial charge is 0.164 e. The maximum atomic E-state index is 11.8. The van der Waals surface area contributed by atoms with E-state index >= 15 is 0 Å². The van der Waals surface area contributed by atoms with Crippen molar-refractivity contribution in [1.29, 1.82) is 0 Å². The van der Waals surface area contributed by atoms with Crippen LogP contribution in [0.25, 0.3) is 10.9 Å². The van der Waals surface area contributed by atoms with Gasteiger partial charge in [-0.15, -0.1) is 0 Å². The number of fused-ring (bicyclic) bond motifs is 1. The molecule has 0 aliphatic heterocycles. The molecule has 0 bridgehead atoms. The Morgan fingerprint density at radius 3 is 2.76 bits per heavy atom. The molecule has 1 atom stereocenters. The molecule has 2 N–H and O–H groups in total. The lowest BCUT2D eigenvalue weighted by molar-refractivity contribution is 0.102. The summed E-state index contributed by atoms with van der Waals surface area (Å²) in [4.78, 5) is 15.0. The zero-order chi connectivity index (χ0) is 12.4. The topological polar surface area (TPSA) is 44.9 Å². The molecule has 17 heavy (non-hydrogen) atoms. The second-order valence-corrected chi connectivity index (χ2v) is 4.43. The van der Waals surface area contributed by atoms with E-state index in [0.29, 0.717) is 6.04 Å². The SMILES string of the molecule is CCC(C)Nc1[nH]c2ccccc2c1C(C)=O. The minimum atomic E-state index is 0.0910. The van der Waals surface area contributed by atoms with Crippen molar-refractivity contribution in [2.24, 2.45) is 0 Å². The van der Waals surface area contributed by atoms with Gasteiger partial charge in [0.15, 0.2) is 5.78 Å². The summed E-state index contributed by atoms with van der Waals surface area (Å²) in [5, 5.41) is 4.35. The van der Waals surface area contributed by atoms with Gasteiger partial charge in [-0.25, -0.2) is 0 Å². The number of para-hydroxylation sites is 1. The molecule has 0 fully saturated rings. The van der Waals surface area contributed by atoms with Crippen molar-refractivity contribution < 1.29 is 4.79 Å². The van der Waals surface area contributed by atoms with Crippen LogP contribution in [0.1, 0.15) is 37.6 Å².